The number of hydrogen-bond acceptors (Lipinski definition) is 6. The highest BCUT2D eigenvalue weighted by molar-refractivity contribution is 5.71. The maximum atomic E-state index is 13.0. The van der Waals surface area contributed by atoms with E-state index in [2.05, 4.69) is 130 Å². The van der Waals surface area contributed by atoms with Gasteiger partial charge in [0, 0.05) is 19.3 Å². The Morgan fingerprint density at radius 2 is 0.482 bits per heavy atom. The van der Waals surface area contributed by atoms with E-state index in [-0.39, 0.29) is 37.5 Å². The Bertz CT molecular complexity index is 1660. The normalized spacial score (nSPS) is 12.8. The van der Waals surface area contributed by atoms with Gasteiger partial charge < -0.3 is 14.2 Å². The molecule has 1 atom stereocenters. The van der Waals surface area contributed by atoms with Gasteiger partial charge in [-0.05, 0) is 96.3 Å². The standard InChI is InChI=1S/C77H132O6/c1-4-7-10-13-16-19-22-25-28-31-33-35-36-37-38-39-40-42-43-46-49-52-55-58-61-64-67-70-76(79)82-73-74(72-81-75(78)69-66-63-60-57-54-51-48-45-30-27-24-21-18-15-12-9-6-3)83-77(80)71-68-65-62-59-56-53-50-47-44-41-34-32-29-26-23-20-17-14-11-8-5-2/h8-9,11-12,17-18,20-21,26-27,29-30,34,41,48,51,57,60,74H,4-7,10,13-16,19,22-25,28,31-33,35-40,42-47,49-50,52-56,58-59,61-73H2,1-3H3/b11-8-,12-9-,20-17-,21-18-,29-26-,30-27-,41-34-,51-48-,60-57-. The second-order valence-electron chi connectivity index (χ2n) is 23.4. The van der Waals surface area contributed by atoms with E-state index < -0.39 is 6.10 Å². The number of carbonyl (C=O) groups is 3. The lowest BCUT2D eigenvalue weighted by Gasteiger charge is -2.18. The molecule has 0 saturated carbocycles. The SMILES string of the molecule is CC/C=C\C/C=C\C/C=C\C/C=C\C/C=C\CCCC(=O)OCC(COC(=O)CCCCCCCCCCCCCCCCCCCCCCCCCCCCC)OC(=O)CCCCCCCCCC/C=C\C/C=C\C/C=C\C/C=C\CC. The van der Waals surface area contributed by atoms with Gasteiger partial charge in [-0.2, -0.15) is 0 Å². The Morgan fingerprint density at radius 3 is 0.783 bits per heavy atom. The number of allylic oxidation sites excluding steroid dienone is 18. The summed E-state index contributed by atoms with van der Waals surface area (Å²) in [5, 5.41) is 0. The van der Waals surface area contributed by atoms with Crippen molar-refractivity contribution in [1.82, 2.24) is 0 Å². The lowest BCUT2D eigenvalue weighted by Crippen LogP contribution is -2.30. The van der Waals surface area contributed by atoms with Crippen LogP contribution in [0.15, 0.2) is 109 Å². The molecule has 83 heavy (non-hydrogen) atoms. The van der Waals surface area contributed by atoms with E-state index in [1.165, 1.54) is 186 Å². The lowest BCUT2D eigenvalue weighted by molar-refractivity contribution is -0.167. The van der Waals surface area contributed by atoms with Crippen molar-refractivity contribution in [3.05, 3.63) is 109 Å². The molecule has 0 bridgehead atoms. The largest absolute Gasteiger partial charge is 0.462 e. The van der Waals surface area contributed by atoms with Crippen molar-refractivity contribution in [3.8, 4) is 0 Å². The van der Waals surface area contributed by atoms with Crippen LogP contribution < -0.4 is 0 Å². The summed E-state index contributed by atoms with van der Waals surface area (Å²) in [5.74, 6) is -0.953. The number of hydrogen-bond donors (Lipinski definition) is 0. The molecule has 0 saturated heterocycles. The van der Waals surface area contributed by atoms with Gasteiger partial charge in [0.2, 0.25) is 0 Å². The summed E-state index contributed by atoms with van der Waals surface area (Å²) in [5.41, 5.74) is 0. The van der Waals surface area contributed by atoms with Crippen LogP contribution in [0.2, 0.25) is 0 Å². The fourth-order valence-electron chi connectivity index (χ4n) is 10.1. The van der Waals surface area contributed by atoms with Crippen LogP contribution in [0.4, 0.5) is 0 Å². The van der Waals surface area contributed by atoms with Crippen LogP contribution in [0.1, 0.15) is 342 Å². The number of ether oxygens (including phenoxy) is 3. The quantitative estimate of drug-likeness (QED) is 0.0261. The first-order valence-electron chi connectivity index (χ1n) is 35.4. The van der Waals surface area contributed by atoms with Crippen molar-refractivity contribution in [2.75, 3.05) is 13.2 Å². The summed E-state index contributed by atoms with van der Waals surface area (Å²) >= 11 is 0. The average molecular weight is 1150 g/mol. The van der Waals surface area contributed by atoms with E-state index in [4.69, 9.17) is 14.2 Å². The average Bonchev–Trinajstić information content (AvgIpc) is 3.50. The molecule has 6 heteroatoms. The minimum absolute atomic E-state index is 0.0975. The predicted octanol–water partition coefficient (Wildman–Crippen LogP) is 24.6. The van der Waals surface area contributed by atoms with Gasteiger partial charge in [-0.3, -0.25) is 14.4 Å². The van der Waals surface area contributed by atoms with Crippen LogP contribution in [-0.2, 0) is 28.6 Å². The van der Waals surface area contributed by atoms with Gasteiger partial charge in [0.05, 0.1) is 0 Å². The number of carbonyl (C=O) groups excluding carboxylic acids is 3. The summed E-state index contributed by atoms with van der Waals surface area (Å²) in [7, 11) is 0. The third-order valence-corrected chi connectivity index (χ3v) is 15.3. The summed E-state index contributed by atoms with van der Waals surface area (Å²) < 4.78 is 16.9. The molecule has 476 valence electrons. The molecule has 0 rings (SSSR count). The van der Waals surface area contributed by atoms with Crippen LogP contribution in [0.5, 0.6) is 0 Å². The Hall–Kier alpha value is -3.93. The van der Waals surface area contributed by atoms with Crippen molar-refractivity contribution in [2.45, 2.75) is 348 Å². The maximum absolute atomic E-state index is 13.0. The van der Waals surface area contributed by atoms with E-state index in [0.717, 1.165) is 109 Å². The first kappa shape index (κ1) is 79.1. The molecule has 0 heterocycles. The van der Waals surface area contributed by atoms with Crippen molar-refractivity contribution in [3.63, 3.8) is 0 Å². The first-order valence-corrected chi connectivity index (χ1v) is 35.4. The lowest BCUT2D eigenvalue weighted by atomic mass is 10.0. The molecule has 0 radical (unpaired) electrons. The van der Waals surface area contributed by atoms with E-state index >= 15 is 0 Å². The highest BCUT2D eigenvalue weighted by Gasteiger charge is 2.19. The van der Waals surface area contributed by atoms with Gasteiger partial charge in [0.1, 0.15) is 13.2 Å². The Morgan fingerprint density at radius 1 is 0.253 bits per heavy atom. The zero-order chi connectivity index (χ0) is 59.9. The van der Waals surface area contributed by atoms with Gasteiger partial charge in [-0.25, -0.2) is 0 Å². The smallest absolute Gasteiger partial charge is 0.306 e. The maximum Gasteiger partial charge on any atom is 0.306 e. The van der Waals surface area contributed by atoms with Crippen molar-refractivity contribution in [1.29, 1.82) is 0 Å². The van der Waals surface area contributed by atoms with E-state index in [0.29, 0.717) is 19.3 Å². The molecular weight excluding hydrogens is 1020 g/mol. The van der Waals surface area contributed by atoms with Crippen molar-refractivity contribution in [2.24, 2.45) is 0 Å². The van der Waals surface area contributed by atoms with E-state index in [9.17, 15) is 14.4 Å². The summed E-state index contributed by atoms with van der Waals surface area (Å²) in [4.78, 5) is 38.4. The molecular formula is C77H132O6. The monoisotopic (exact) mass is 1150 g/mol. The van der Waals surface area contributed by atoms with Crippen LogP contribution in [-0.4, -0.2) is 37.2 Å². The minimum Gasteiger partial charge on any atom is -0.462 e. The third kappa shape index (κ3) is 68.7. The van der Waals surface area contributed by atoms with Crippen LogP contribution in [0.25, 0.3) is 0 Å². The topological polar surface area (TPSA) is 78.9 Å². The van der Waals surface area contributed by atoms with Crippen LogP contribution >= 0.6 is 0 Å². The number of esters is 3. The van der Waals surface area contributed by atoms with Gasteiger partial charge in [0.15, 0.2) is 6.10 Å². The summed E-state index contributed by atoms with van der Waals surface area (Å²) in [6, 6.07) is 0. The molecule has 6 nitrogen and oxygen atoms in total. The molecule has 0 aromatic heterocycles. The molecule has 1 unspecified atom stereocenters. The molecule has 0 N–H and O–H groups in total. The molecule has 0 aliphatic rings. The van der Waals surface area contributed by atoms with Gasteiger partial charge in [0.25, 0.3) is 0 Å². The zero-order valence-corrected chi connectivity index (χ0v) is 54.7. The zero-order valence-electron chi connectivity index (χ0n) is 54.7. The fraction of sp³-hybridized carbons (Fsp3) is 0.727. The number of unbranched alkanes of at least 4 members (excludes halogenated alkanes) is 35. The molecule has 0 amide bonds. The molecule has 0 aromatic carbocycles. The van der Waals surface area contributed by atoms with Gasteiger partial charge in [-0.15, -0.1) is 0 Å². The number of rotatable bonds is 64. The third-order valence-electron chi connectivity index (χ3n) is 15.3. The van der Waals surface area contributed by atoms with Crippen molar-refractivity contribution < 1.29 is 28.6 Å². The van der Waals surface area contributed by atoms with Gasteiger partial charge >= 0.3 is 17.9 Å². The van der Waals surface area contributed by atoms with Crippen LogP contribution in [0, 0.1) is 0 Å². The minimum atomic E-state index is -0.808. The second-order valence-corrected chi connectivity index (χ2v) is 23.4. The Labute approximate surface area is 514 Å². The first-order chi connectivity index (χ1) is 41.0. The van der Waals surface area contributed by atoms with E-state index in [1.807, 2.05) is 0 Å². The van der Waals surface area contributed by atoms with Crippen molar-refractivity contribution >= 4 is 17.9 Å². The van der Waals surface area contributed by atoms with Gasteiger partial charge in [-0.1, -0.05) is 336 Å². The summed E-state index contributed by atoms with van der Waals surface area (Å²) in [6.07, 6.45) is 97.0. The molecule has 0 spiro atoms. The Balaban J connectivity index is 4.36. The van der Waals surface area contributed by atoms with Crippen LogP contribution in [0.3, 0.4) is 0 Å². The fourth-order valence-corrected chi connectivity index (χ4v) is 10.1. The highest BCUT2D eigenvalue weighted by atomic mass is 16.6. The highest BCUT2D eigenvalue weighted by Crippen LogP contribution is 2.18. The summed E-state index contributed by atoms with van der Waals surface area (Å²) in [6.45, 7) is 6.40. The molecule has 0 aliphatic heterocycles. The Kier molecular flexibility index (Phi) is 67.2. The molecule has 0 fully saturated rings. The molecule has 0 aromatic rings. The predicted molar refractivity (Wildman–Crippen MR) is 362 cm³/mol. The van der Waals surface area contributed by atoms with E-state index in [1.54, 1.807) is 0 Å². The molecule has 0 aliphatic carbocycles. The second kappa shape index (κ2) is 70.6.